The molecule has 0 bridgehead atoms. The van der Waals surface area contributed by atoms with Crippen LogP contribution in [-0.2, 0) is 6.42 Å². The molecule has 2 aliphatic rings. The average molecular weight is 328 g/mol. The molecule has 0 spiro atoms. The molecular formula is C18H24N4O2. The quantitative estimate of drug-likeness (QED) is 0.933. The molecule has 2 fully saturated rings. The summed E-state index contributed by atoms with van der Waals surface area (Å²) < 4.78 is 5.48. The first kappa shape index (κ1) is 15.6. The van der Waals surface area contributed by atoms with Crippen LogP contribution in [0.3, 0.4) is 0 Å². The van der Waals surface area contributed by atoms with Gasteiger partial charge in [0.15, 0.2) is 0 Å². The Kier molecular flexibility index (Phi) is 4.22. The summed E-state index contributed by atoms with van der Waals surface area (Å²) in [7, 11) is 0. The molecule has 1 saturated carbocycles. The summed E-state index contributed by atoms with van der Waals surface area (Å²) in [5.74, 6) is 0.569. The van der Waals surface area contributed by atoms with E-state index in [9.17, 15) is 4.79 Å². The first-order valence-corrected chi connectivity index (χ1v) is 9.07. The summed E-state index contributed by atoms with van der Waals surface area (Å²) in [4.78, 5) is 19.8. The third-order valence-electron chi connectivity index (χ3n) is 4.88. The standard InChI is InChI=1S/C18H24N4O2/c1-2-4-14-16-13(18(23)22-9-3-7-19-8-10-22)11-15(12-5-6-12)20-17(16)24-21-14/h11-12,19H,2-10H2,1H3. The molecule has 0 aromatic carbocycles. The fourth-order valence-electron chi connectivity index (χ4n) is 3.41. The second-order valence-electron chi connectivity index (χ2n) is 6.82. The number of hydrogen-bond donors (Lipinski definition) is 1. The molecule has 6 heteroatoms. The van der Waals surface area contributed by atoms with Crippen LogP contribution < -0.4 is 5.32 Å². The van der Waals surface area contributed by atoms with Crippen molar-refractivity contribution in [3.63, 3.8) is 0 Å². The largest absolute Gasteiger partial charge is 0.337 e. The minimum atomic E-state index is 0.0913. The van der Waals surface area contributed by atoms with Crippen LogP contribution in [0.1, 0.15) is 60.3 Å². The van der Waals surface area contributed by atoms with Crippen molar-refractivity contribution in [1.82, 2.24) is 20.4 Å². The molecule has 4 rings (SSSR count). The number of carbonyl (C=O) groups excluding carboxylic acids is 1. The van der Waals surface area contributed by atoms with Gasteiger partial charge in [0.25, 0.3) is 11.6 Å². The van der Waals surface area contributed by atoms with Gasteiger partial charge in [-0.1, -0.05) is 18.5 Å². The Hall–Kier alpha value is -1.95. The summed E-state index contributed by atoms with van der Waals surface area (Å²) in [5, 5.41) is 8.36. The van der Waals surface area contributed by atoms with E-state index in [1.807, 2.05) is 11.0 Å². The second kappa shape index (κ2) is 6.51. The van der Waals surface area contributed by atoms with Crippen molar-refractivity contribution >= 4 is 17.0 Å². The lowest BCUT2D eigenvalue weighted by Gasteiger charge is -2.20. The lowest BCUT2D eigenvalue weighted by Crippen LogP contribution is -2.34. The number of nitrogens with zero attached hydrogens (tertiary/aromatic N) is 3. The number of hydrogen-bond acceptors (Lipinski definition) is 5. The maximum atomic E-state index is 13.2. The van der Waals surface area contributed by atoms with Gasteiger partial charge in [0.2, 0.25) is 0 Å². The number of amides is 1. The molecule has 1 aliphatic carbocycles. The highest BCUT2D eigenvalue weighted by Gasteiger charge is 2.30. The molecule has 6 nitrogen and oxygen atoms in total. The van der Waals surface area contributed by atoms with E-state index in [2.05, 4.69) is 22.4 Å². The van der Waals surface area contributed by atoms with Gasteiger partial charge in [-0.05, 0) is 38.3 Å². The van der Waals surface area contributed by atoms with E-state index < -0.39 is 0 Å². The van der Waals surface area contributed by atoms with Gasteiger partial charge >= 0.3 is 0 Å². The fraction of sp³-hybridized carbons (Fsp3) is 0.611. The van der Waals surface area contributed by atoms with E-state index in [4.69, 9.17) is 4.52 Å². The van der Waals surface area contributed by atoms with E-state index in [-0.39, 0.29) is 5.91 Å². The van der Waals surface area contributed by atoms with Gasteiger partial charge in [0, 0.05) is 31.2 Å². The van der Waals surface area contributed by atoms with Crippen molar-refractivity contribution in [2.75, 3.05) is 26.2 Å². The first-order valence-electron chi connectivity index (χ1n) is 9.07. The van der Waals surface area contributed by atoms with E-state index in [1.54, 1.807) is 0 Å². The van der Waals surface area contributed by atoms with Gasteiger partial charge in [0.05, 0.1) is 16.6 Å². The summed E-state index contributed by atoms with van der Waals surface area (Å²) in [6.45, 7) is 5.46. The second-order valence-corrected chi connectivity index (χ2v) is 6.82. The van der Waals surface area contributed by atoms with Gasteiger partial charge in [-0.15, -0.1) is 0 Å². The minimum Gasteiger partial charge on any atom is -0.337 e. The average Bonchev–Trinajstić information content (AvgIpc) is 3.40. The van der Waals surface area contributed by atoms with Crippen LogP contribution in [-0.4, -0.2) is 47.1 Å². The number of rotatable bonds is 4. The Morgan fingerprint density at radius 2 is 2.25 bits per heavy atom. The molecule has 0 unspecified atom stereocenters. The van der Waals surface area contributed by atoms with Crippen molar-refractivity contribution in [1.29, 1.82) is 0 Å². The number of aromatic nitrogens is 2. The molecule has 1 N–H and O–H groups in total. The van der Waals surface area contributed by atoms with Crippen LogP contribution in [0.15, 0.2) is 10.6 Å². The maximum absolute atomic E-state index is 13.2. The van der Waals surface area contributed by atoms with E-state index in [0.29, 0.717) is 11.6 Å². The van der Waals surface area contributed by atoms with E-state index in [0.717, 1.165) is 80.6 Å². The number of carbonyl (C=O) groups is 1. The number of pyridine rings is 1. The molecule has 1 saturated heterocycles. The smallest absolute Gasteiger partial charge is 0.259 e. The van der Waals surface area contributed by atoms with E-state index >= 15 is 0 Å². The SMILES string of the molecule is CCCc1noc2nc(C3CC3)cc(C(=O)N3CCCNCC3)c12. The van der Waals surface area contributed by atoms with Crippen LogP contribution in [0.2, 0.25) is 0 Å². The van der Waals surface area contributed by atoms with Crippen LogP contribution in [0, 0.1) is 0 Å². The molecule has 3 heterocycles. The third-order valence-corrected chi connectivity index (χ3v) is 4.88. The number of nitrogens with one attached hydrogen (secondary N) is 1. The Morgan fingerprint density at radius 3 is 3.04 bits per heavy atom. The molecule has 2 aromatic heterocycles. The van der Waals surface area contributed by atoms with Crippen molar-refractivity contribution in [3.8, 4) is 0 Å². The Balaban J connectivity index is 1.78. The third kappa shape index (κ3) is 2.90. The zero-order chi connectivity index (χ0) is 16.5. The van der Waals surface area contributed by atoms with Crippen molar-refractivity contribution in [2.24, 2.45) is 0 Å². The van der Waals surface area contributed by atoms with Crippen LogP contribution in [0.25, 0.3) is 11.1 Å². The molecule has 1 amide bonds. The Morgan fingerprint density at radius 1 is 1.38 bits per heavy atom. The summed E-state index contributed by atoms with van der Waals surface area (Å²) in [6.07, 6.45) is 5.05. The predicted octanol–water partition coefficient (Wildman–Crippen LogP) is 2.49. The predicted molar refractivity (Wildman–Crippen MR) is 91.2 cm³/mol. The summed E-state index contributed by atoms with van der Waals surface area (Å²) in [5.41, 5.74) is 3.10. The van der Waals surface area contributed by atoms with E-state index in [1.165, 1.54) is 0 Å². The van der Waals surface area contributed by atoms with Gasteiger partial charge in [-0.25, -0.2) is 4.98 Å². The topological polar surface area (TPSA) is 71.3 Å². The van der Waals surface area contributed by atoms with Gasteiger partial charge in [-0.2, -0.15) is 0 Å². The Bertz CT molecular complexity index is 743. The van der Waals surface area contributed by atoms with Crippen LogP contribution in [0.5, 0.6) is 0 Å². The van der Waals surface area contributed by atoms with Crippen LogP contribution in [0.4, 0.5) is 0 Å². The first-order chi connectivity index (χ1) is 11.8. The summed E-state index contributed by atoms with van der Waals surface area (Å²) >= 11 is 0. The monoisotopic (exact) mass is 328 g/mol. The number of fused-ring (bicyclic) bond motifs is 1. The molecule has 24 heavy (non-hydrogen) atoms. The fourth-order valence-corrected chi connectivity index (χ4v) is 3.41. The molecule has 0 atom stereocenters. The Labute approximate surface area is 141 Å². The normalized spacial score (nSPS) is 18.8. The van der Waals surface area contributed by atoms with Gasteiger partial charge in [0.1, 0.15) is 0 Å². The van der Waals surface area contributed by atoms with Crippen molar-refractivity contribution < 1.29 is 9.32 Å². The molecule has 0 radical (unpaired) electrons. The minimum absolute atomic E-state index is 0.0913. The van der Waals surface area contributed by atoms with Gasteiger partial charge < -0.3 is 14.7 Å². The summed E-state index contributed by atoms with van der Waals surface area (Å²) in [6, 6.07) is 2.00. The van der Waals surface area contributed by atoms with Crippen molar-refractivity contribution in [2.45, 2.75) is 44.9 Å². The highest BCUT2D eigenvalue weighted by molar-refractivity contribution is 6.06. The molecule has 128 valence electrons. The zero-order valence-electron chi connectivity index (χ0n) is 14.2. The molecule has 2 aromatic rings. The van der Waals surface area contributed by atoms with Crippen molar-refractivity contribution in [3.05, 3.63) is 23.0 Å². The lowest BCUT2D eigenvalue weighted by atomic mass is 10.0. The van der Waals surface area contributed by atoms with Crippen LogP contribution >= 0.6 is 0 Å². The maximum Gasteiger partial charge on any atom is 0.259 e. The molecular weight excluding hydrogens is 304 g/mol. The highest BCUT2D eigenvalue weighted by Crippen LogP contribution is 2.40. The highest BCUT2D eigenvalue weighted by atomic mass is 16.5. The van der Waals surface area contributed by atoms with Gasteiger partial charge in [-0.3, -0.25) is 4.79 Å². The molecule has 1 aliphatic heterocycles. The number of aryl methyl sites for hydroxylation is 1. The lowest BCUT2D eigenvalue weighted by molar-refractivity contribution is 0.0768. The zero-order valence-corrected chi connectivity index (χ0v) is 14.2.